The van der Waals surface area contributed by atoms with E-state index in [1.54, 1.807) is 0 Å². The normalized spacial score (nSPS) is 10.0. The number of halogens is 2. The zero-order valence-corrected chi connectivity index (χ0v) is 8.06. The molecule has 5 heteroatoms. The van der Waals surface area contributed by atoms with Crippen molar-refractivity contribution in [2.75, 3.05) is 7.11 Å². The maximum absolute atomic E-state index is 13.2. The molecule has 0 bridgehead atoms. The second-order valence-electron chi connectivity index (χ2n) is 2.11. The van der Waals surface area contributed by atoms with Crippen molar-refractivity contribution in [3.8, 4) is 5.88 Å². The van der Waals surface area contributed by atoms with Crippen molar-refractivity contribution in [1.82, 2.24) is 4.98 Å². The number of methoxy groups -OCH3 is 1. The van der Waals surface area contributed by atoms with Crippen LogP contribution in [0.3, 0.4) is 0 Å². The van der Waals surface area contributed by atoms with E-state index in [-0.39, 0.29) is 12.4 Å². The summed E-state index contributed by atoms with van der Waals surface area (Å²) >= 11 is 3.13. The molecule has 1 heterocycles. The van der Waals surface area contributed by atoms with Crippen molar-refractivity contribution in [2.45, 2.75) is 6.54 Å². The van der Waals surface area contributed by atoms with E-state index < -0.39 is 5.82 Å². The molecule has 0 unspecified atom stereocenters. The molecule has 0 aromatic carbocycles. The number of hydrogen-bond acceptors (Lipinski definition) is 3. The zero-order chi connectivity index (χ0) is 9.14. The van der Waals surface area contributed by atoms with Crippen molar-refractivity contribution in [1.29, 1.82) is 0 Å². The van der Waals surface area contributed by atoms with E-state index in [2.05, 4.69) is 25.7 Å². The van der Waals surface area contributed by atoms with Gasteiger partial charge in [-0.1, -0.05) is 0 Å². The Morgan fingerprint density at radius 3 is 2.92 bits per heavy atom. The molecule has 0 aliphatic heterocycles. The van der Waals surface area contributed by atoms with Gasteiger partial charge in [0.1, 0.15) is 0 Å². The molecule has 1 rings (SSSR count). The van der Waals surface area contributed by atoms with E-state index in [4.69, 9.17) is 5.73 Å². The topological polar surface area (TPSA) is 48.1 Å². The highest BCUT2D eigenvalue weighted by Gasteiger charge is 2.11. The summed E-state index contributed by atoms with van der Waals surface area (Å²) in [5.74, 6) is -0.534. The van der Waals surface area contributed by atoms with Gasteiger partial charge in [0, 0.05) is 22.8 Å². The minimum Gasteiger partial charge on any atom is -0.479 e. The summed E-state index contributed by atoms with van der Waals surface area (Å²) in [5.41, 5.74) is 5.70. The number of nitrogens with two attached hydrogens (primary N) is 1. The minimum atomic E-state index is -0.505. The van der Waals surface area contributed by atoms with E-state index in [1.165, 1.54) is 13.3 Å². The summed E-state index contributed by atoms with van der Waals surface area (Å²) in [6.07, 6.45) is 1.46. The fourth-order valence-electron chi connectivity index (χ4n) is 0.813. The third-order valence-electron chi connectivity index (χ3n) is 1.43. The second kappa shape index (κ2) is 3.82. The molecule has 66 valence electrons. The number of rotatable bonds is 2. The maximum Gasteiger partial charge on any atom is 0.250 e. The van der Waals surface area contributed by atoms with Gasteiger partial charge in [-0.2, -0.15) is 0 Å². The van der Waals surface area contributed by atoms with Crippen LogP contribution in [-0.2, 0) is 6.54 Å². The van der Waals surface area contributed by atoms with Crippen LogP contribution in [-0.4, -0.2) is 12.1 Å². The molecular weight excluding hydrogens is 227 g/mol. The zero-order valence-electron chi connectivity index (χ0n) is 6.47. The second-order valence-corrected chi connectivity index (χ2v) is 2.97. The van der Waals surface area contributed by atoms with Crippen molar-refractivity contribution in [3.05, 3.63) is 22.1 Å². The van der Waals surface area contributed by atoms with Gasteiger partial charge in [-0.25, -0.2) is 9.37 Å². The lowest BCUT2D eigenvalue weighted by atomic mass is 10.2. The van der Waals surface area contributed by atoms with Crippen LogP contribution in [0.1, 0.15) is 5.56 Å². The molecule has 0 aliphatic carbocycles. The van der Waals surface area contributed by atoms with Gasteiger partial charge >= 0.3 is 0 Å². The summed E-state index contributed by atoms with van der Waals surface area (Å²) in [5, 5.41) is 0. The Morgan fingerprint density at radius 2 is 2.42 bits per heavy atom. The molecule has 0 aliphatic rings. The molecule has 0 spiro atoms. The maximum atomic E-state index is 13.2. The Balaban J connectivity index is 3.24. The number of pyridine rings is 1. The summed E-state index contributed by atoms with van der Waals surface area (Å²) in [7, 11) is 1.36. The summed E-state index contributed by atoms with van der Waals surface area (Å²) in [6, 6.07) is 0. The highest BCUT2D eigenvalue weighted by Crippen LogP contribution is 2.23. The SMILES string of the molecule is COc1ncc(Br)c(CN)c1F. The molecule has 0 saturated carbocycles. The Morgan fingerprint density at radius 1 is 1.75 bits per heavy atom. The van der Waals surface area contributed by atoms with Crippen LogP contribution in [0.4, 0.5) is 4.39 Å². The van der Waals surface area contributed by atoms with E-state index >= 15 is 0 Å². The summed E-state index contributed by atoms with van der Waals surface area (Å²) in [4.78, 5) is 3.71. The van der Waals surface area contributed by atoms with Crippen LogP contribution < -0.4 is 10.5 Å². The first-order chi connectivity index (χ1) is 5.70. The Kier molecular flexibility index (Phi) is 2.99. The molecular formula is C7H8BrFN2O. The summed E-state index contributed by atoms with van der Waals surface area (Å²) < 4.78 is 18.5. The first-order valence-electron chi connectivity index (χ1n) is 3.27. The van der Waals surface area contributed by atoms with Crippen LogP contribution in [0, 0.1) is 5.82 Å². The summed E-state index contributed by atoms with van der Waals surface area (Å²) in [6.45, 7) is 0.116. The van der Waals surface area contributed by atoms with Crippen LogP contribution in [0.15, 0.2) is 10.7 Å². The monoisotopic (exact) mass is 234 g/mol. The smallest absolute Gasteiger partial charge is 0.250 e. The quantitative estimate of drug-likeness (QED) is 0.843. The number of hydrogen-bond donors (Lipinski definition) is 1. The predicted molar refractivity (Wildman–Crippen MR) is 46.3 cm³/mol. The minimum absolute atomic E-state index is 0.0290. The van der Waals surface area contributed by atoms with E-state index in [9.17, 15) is 4.39 Å². The predicted octanol–water partition coefficient (Wildman–Crippen LogP) is 1.45. The van der Waals surface area contributed by atoms with Gasteiger partial charge in [-0.15, -0.1) is 0 Å². The molecule has 1 aromatic heterocycles. The van der Waals surface area contributed by atoms with Gasteiger partial charge in [0.2, 0.25) is 0 Å². The highest BCUT2D eigenvalue weighted by atomic mass is 79.9. The lowest BCUT2D eigenvalue weighted by Gasteiger charge is -2.05. The van der Waals surface area contributed by atoms with Crippen LogP contribution in [0.5, 0.6) is 5.88 Å². The van der Waals surface area contributed by atoms with E-state index in [0.29, 0.717) is 10.0 Å². The lowest BCUT2D eigenvalue weighted by Crippen LogP contribution is -2.04. The lowest BCUT2D eigenvalue weighted by molar-refractivity contribution is 0.366. The molecule has 0 atom stereocenters. The molecule has 0 saturated heterocycles. The van der Waals surface area contributed by atoms with Gasteiger partial charge in [0.25, 0.3) is 5.88 Å². The van der Waals surface area contributed by atoms with Crippen LogP contribution in [0.2, 0.25) is 0 Å². The van der Waals surface area contributed by atoms with Gasteiger partial charge in [0.15, 0.2) is 5.82 Å². The van der Waals surface area contributed by atoms with Gasteiger partial charge in [-0.3, -0.25) is 0 Å². The molecule has 3 nitrogen and oxygen atoms in total. The fraction of sp³-hybridized carbons (Fsp3) is 0.286. The Hall–Kier alpha value is -0.680. The average molecular weight is 235 g/mol. The van der Waals surface area contributed by atoms with E-state index in [0.717, 1.165) is 0 Å². The van der Waals surface area contributed by atoms with Crippen LogP contribution >= 0.6 is 15.9 Å². The van der Waals surface area contributed by atoms with Crippen LogP contribution in [0.25, 0.3) is 0 Å². The molecule has 2 N–H and O–H groups in total. The molecule has 0 radical (unpaired) electrons. The van der Waals surface area contributed by atoms with Crippen molar-refractivity contribution >= 4 is 15.9 Å². The van der Waals surface area contributed by atoms with Crippen molar-refractivity contribution in [3.63, 3.8) is 0 Å². The molecule has 12 heavy (non-hydrogen) atoms. The van der Waals surface area contributed by atoms with Gasteiger partial charge in [-0.05, 0) is 15.9 Å². The first-order valence-corrected chi connectivity index (χ1v) is 4.07. The molecule has 0 fully saturated rings. The number of ether oxygens (including phenoxy) is 1. The third kappa shape index (κ3) is 1.56. The largest absolute Gasteiger partial charge is 0.479 e. The van der Waals surface area contributed by atoms with Gasteiger partial charge in [0.05, 0.1) is 7.11 Å². The molecule has 1 aromatic rings. The number of aromatic nitrogens is 1. The first kappa shape index (κ1) is 9.41. The third-order valence-corrected chi connectivity index (χ3v) is 2.12. The van der Waals surface area contributed by atoms with Crippen molar-refractivity contribution < 1.29 is 9.13 Å². The highest BCUT2D eigenvalue weighted by molar-refractivity contribution is 9.10. The fourth-order valence-corrected chi connectivity index (χ4v) is 1.25. The Bertz CT molecular complexity index is 293. The number of nitrogens with zero attached hydrogens (tertiary/aromatic N) is 1. The standard InChI is InChI=1S/C7H8BrFN2O/c1-12-7-6(9)4(2-10)5(8)3-11-7/h3H,2,10H2,1H3. The Labute approximate surface area is 77.9 Å². The molecule has 0 amide bonds. The van der Waals surface area contributed by atoms with Gasteiger partial charge < -0.3 is 10.5 Å². The van der Waals surface area contributed by atoms with Crippen molar-refractivity contribution in [2.24, 2.45) is 5.73 Å². The van der Waals surface area contributed by atoms with E-state index in [1.807, 2.05) is 0 Å². The average Bonchev–Trinajstić information content (AvgIpc) is 2.06.